The third kappa shape index (κ3) is 1.18. The zero-order chi connectivity index (χ0) is 10.4. The average molecular weight is 218 g/mol. The molecule has 0 radical (unpaired) electrons. The van der Waals surface area contributed by atoms with Gasteiger partial charge in [0.25, 0.3) is 0 Å². The third-order valence-electron chi connectivity index (χ3n) is 2.76. The smallest absolute Gasteiger partial charge is 0.0735 e. The number of rotatable bonds is 0. The molecule has 0 spiro atoms. The largest absolute Gasteiger partial charge is 0.398 e. The van der Waals surface area contributed by atoms with Crippen molar-refractivity contribution in [3.05, 3.63) is 30.0 Å². The van der Waals surface area contributed by atoms with Crippen LogP contribution in [-0.4, -0.2) is 14.9 Å². The molecular formula is C11H10N2OS. The van der Waals surface area contributed by atoms with Crippen LogP contribution in [-0.2, 0) is 17.2 Å². The third-order valence-corrected chi connectivity index (χ3v) is 4.25. The summed E-state index contributed by atoms with van der Waals surface area (Å²) in [6, 6.07) is 5.72. The predicted octanol–water partition coefficient (Wildman–Crippen LogP) is 1.48. The van der Waals surface area contributed by atoms with Crippen molar-refractivity contribution in [3.8, 4) is 0 Å². The van der Waals surface area contributed by atoms with E-state index < -0.39 is 10.8 Å². The first-order chi connectivity index (χ1) is 7.27. The number of hydrogen-bond donors (Lipinski definition) is 1. The molecule has 1 aromatic heterocycles. The van der Waals surface area contributed by atoms with Crippen molar-refractivity contribution in [2.45, 2.75) is 11.3 Å². The standard InChI is InChI=1S/C11H10N2OS/c12-8-3-5-13-9-2-1-7-4-6-15(14)11(7)10(8)9/h1-3,5H,4,6H2,(H2,12,13). The fraction of sp³-hybridized carbons (Fsp3) is 0.182. The molecule has 2 aromatic rings. The van der Waals surface area contributed by atoms with Gasteiger partial charge in [-0.05, 0) is 24.1 Å². The molecule has 0 saturated carbocycles. The van der Waals surface area contributed by atoms with Crippen molar-refractivity contribution >= 4 is 27.4 Å². The summed E-state index contributed by atoms with van der Waals surface area (Å²) in [5.74, 6) is 0.711. The summed E-state index contributed by atoms with van der Waals surface area (Å²) in [6.07, 6.45) is 2.56. The van der Waals surface area contributed by atoms with Crippen LogP contribution in [0.4, 0.5) is 5.69 Å². The molecule has 2 N–H and O–H groups in total. The Labute approximate surface area is 89.8 Å². The molecule has 3 nitrogen and oxygen atoms in total. The van der Waals surface area contributed by atoms with E-state index in [9.17, 15) is 4.21 Å². The van der Waals surface area contributed by atoms with E-state index in [2.05, 4.69) is 4.98 Å². The molecular weight excluding hydrogens is 208 g/mol. The van der Waals surface area contributed by atoms with E-state index in [0.29, 0.717) is 11.4 Å². The molecule has 0 amide bonds. The molecule has 1 aliphatic heterocycles. The highest BCUT2D eigenvalue weighted by molar-refractivity contribution is 7.85. The summed E-state index contributed by atoms with van der Waals surface area (Å²) in [7, 11) is -0.903. The first-order valence-corrected chi connectivity index (χ1v) is 6.14. The van der Waals surface area contributed by atoms with Crippen molar-refractivity contribution in [1.29, 1.82) is 0 Å². The van der Waals surface area contributed by atoms with Gasteiger partial charge >= 0.3 is 0 Å². The Morgan fingerprint density at radius 1 is 1.33 bits per heavy atom. The predicted molar refractivity (Wildman–Crippen MR) is 61.1 cm³/mol. The molecule has 1 unspecified atom stereocenters. The second-order valence-corrected chi connectivity index (χ2v) is 5.16. The number of pyridine rings is 1. The Bertz CT molecular complexity index is 580. The number of aryl methyl sites for hydroxylation is 1. The second kappa shape index (κ2) is 3.03. The van der Waals surface area contributed by atoms with Gasteiger partial charge in [0.2, 0.25) is 0 Å². The molecule has 2 heterocycles. The van der Waals surface area contributed by atoms with Crippen molar-refractivity contribution in [2.24, 2.45) is 0 Å². The fourth-order valence-corrected chi connectivity index (χ4v) is 3.57. The fourth-order valence-electron chi connectivity index (χ4n) is 2.04. The van der Waals surface area contributed by atoms with E-state index in [0.717, 1.165) is 27.8 Å². The molecule has 1 aromatic carbocycles. The Hall–Kier alpha value is -1.42. The first kappa shape index (κ1) is 8.85. The van der Waals surface area contributed by atoms with Crippen LogP contribution < -0.4 is 5.73 Å². The zero-order valence-electron chi connectivity index (χ0n) is 8.06. The van der Waals surface area contributed by atoms with E-state index >= 15 is 0 Å². The number of benzene rings is 1. The van der Waals surface area contributed by atoms with Gasteiger partial charge in [-0.15, -0.1) is 0 Å². The van der Waals surface area contributed by atoms with Gasteiger partial charge in [0.1, 0.15) is 0 Å². The lowest BCUT2D eigenvalue weighted by atomic mass is 10.1. The van der Waals surface area contributed by atoms with Crippen LogP contribution >= 0.6 is 0 Å². The number of fused-ring (bicyclic) bond motifs is 3. The number of nitrogens with two attached hydrogens (primary N) is 1. The Morgan fingerprint density at radius 2 is 2.20 bits per heavy atom. The summed E-state index contributed by atoms with van der Waals surface area (Å²) in [4.78, 5) is 5.14. The number of hydrogen-bond acceptors (Lipinski definition) is 3. The van der Waals surface area contributed by atoms with E-state index in [-0.39, 0.29) is 0 Å². The minimum atomic E-state index is -0.903. The Balaban J connectivity index is 2.51. The van der Waals surface area contributed by atoms with Gasteiger partial charge in [-0.3, -0.25) is 9.19 Å². The maximum Gasteiger partial charge on any atom is 0.0735 e. The lowest BCUT2D eigenvalue weighted by molar-refractivity contribution is 0.686. The van der Waals surface area contributed by atoms with Gasteiger partial charge in [-0.1, -0.05) is 6.07 Å². The van der Waals surface area contributed by atoms with Gasteiger partial charge in [0.15, 0.2) is 0 Å². The summed E-state index contributed by atoms with van der Waals surface area (Å²) < 4.78 is 11.9. The molecule has 76 valence electrons. The van der Waals surface area contributed by atoms with Crippen molar-refractivity contribution in [1.82, 2.24) is 4.98 Å². The van der Waals surface area contributed by atoms with Gasteiger partial charge in [-0.2, -0.15) is 0 Å². The molecule has 0 fully saturated rings. The zero-order valence-corrected chi connectivity index (χ0v) is 8.88. The highest BCUT2D eigenvalue weighted by Crippen LogP contribution is 2.33. The first-order valence-electron chi connectivity index (χ1n) is 4.82. The Kier molecular flexibility index (Phi) is 1.79. The lowest BCUT2D eigenvalue weighted by Crippen LogP contribution is -1.95. The molecule has 1 aliphatic rings. The van der Waals surface area contributed by atoms with Gasteiger partial charge < -0.3 is 5.73 Å². The molecule has 3 rings (SSSR count). The van der Waals surface area contributed by atoms with E-state index in [1.165, 1.54) is 0 Å². The van der Waals surface area contributed by atoms with Crippen LogP contribution in [0.15, 0.2) is 29.3 Å². The van der Waals surface area contributed by atoms with Crippen molar-refractivity contribution in [2.75, 3.05) is 11.5 Å². The SMILES string of the molecule is Nc1ccnc2ccc3c(c12)S(=O)CC3. The second-order valence-electron chi connectivity index (χ2n) is 3.65. The lowest BCUT2D eigenvalue weighted by Gasteiger charge is -2.05. The monoisotopic (exact) mass is 218 g/mol. The van der Waals surface area contributed by atoms with Crippen LogP contribution in [0.25, 0.3) is 10.9 Å². The average Bonchev–Trinajstić information content (AvgIpc) is 2.61. The summed E-state index contributed by atoms with van der Waals surface area (Å²) in [6.45, 7) is 0. The highest BCUT2D eigenvalue weighted by atomic mass is 32.2. The minimum absolute atomic E-state index is 0.673. The number of anilines is 1. The molecule has 15 heavy (non-hydrogen) atoms. The van der Waals surface area contributed by atoms with Gasteiger partial charge in [-0.25, -0.2) is 0 Å². The maximum atomic E-state index is 11.9. The van der Waals surface area contributed by atoms with Crippen molar-refractivity contribution < 1.29 is 4.21 Å². The number of nitrogen functional groups attached to an aromatic ring is 1. The topological polar surface area (TPSA) is 56.0 Å². The van der Waals surface area contributed by atoms with Crippen molar-refractivity contribution in [3.63, 3.8) is 0 Å². The minimum Gasteiger partial charge on any atom is -0.398 e. The van der Waals surface area contributed by atoms with Crippen LogP contribution in [0.1, 0.15) is 5.56 Å². The van der Waals surface area contributed by atoms with E-state index in [1.807, 2.05) is 12.1 Å². The Morgan fingerprint density at radius 3 is 3.07 bits per heavy atom. The number of aromatic nitrogens is 1. The molecule has 0 saturated heterocycles. The maximum absolute atomic E-state index is 11.9. The van der Waals surface area contributed by atoms with Gasteiger partial charge in [0, 0.05) is 23.0 Å². The molecule has 1 atom stereocenters. The summed E-state index contributed by atoms with van der Waals surface area (Å²) >= 11 is 0. The molecule has 0 bridgehead atoms. The van der Waals surface area contributed by atoms with Crippen LogP contribution in [0.5, 0.6) is 0 Å². The quantitative estimate of drug-likeness (QED) is 0.728. The molecule has 0 aliphatic carbocycles. The highest BCUT2D eigenvalue weighted by Gasteiger charge is 2.22. The molecule has 4 heteroatoms. The van der Waals surface area contributed by atoms with E-state index in [4.69, 9.17) is 5.73 Å². The van der Waals surface area contributed by atoms with Crippen LogP contribution in [0.2, 0.25) is 0 Å². The van der Waals surface area contributed by atoms with Gasteiger partial charge in [0.05, 0.1) is 21.2 Å². The van der Waals surface area contributed by atoms with Crippen LogP contribution in [0.3, 0.4) is 0 Å². The summed E-state index contributed by atoms with van der Waals surface area (Å²) in [5, 5.41) is 0.880. The normalized spacial score (nSPS) is 19.3. The van der Waals surface area contributed by atoms with Crippen LogP contribution in [0, 0.1) is 0 Å². The van der Waals surface area contributed by atoms with E-state index in [1.54, 1.807) is 12.3 Å². The number of nitrogens with zero attached hydrogens (tertiary/aromatic N) is 1. The summed E-state index contributed by atoms with van der Waals surface area (Å²) in [5.41, 5.74) is 8.58.